The molecule has 0 spiro atoms. The minimum atomic E-state index is -0.553. The number of esters is 1. The van der Waals surface area contributed by atoms with E-state index >= 15 is 0 Å². The van der Waals surface area contributed by atoms with Crippen LogP contribution >= 0.6 is 0 Å². The highest BCUT2D eigenvalue weighted by molar-refractivity contribution is 5.95. The van der Waals surface area contributed by atoms with Crippen molar-refractivity contribution in [2.24, 2.45) is 0 Å². The van der Waals surface area contributed by atoms with Gasteiger partial charge in [0.2, 0.25) is 0 Å². The van der Waals surface area contributed by atoms with Gasteiger partial charge in [-0.25, -0.2) is 4.79 Å². The Morgan fingerprint density at radius 1 is 1.14 bits per heavy atom. The molecule has 0 bridgehead atoms. The Morgan fingerprint density at radius 3 is 2.32 bits per heavy atom. The maximum atomic E-state index is 12.8. The topological polar surface area (TPSA) is 84.9 Å². The molecule has 1 aromatic carbocycles. The fourth-order valence-electron chi connectivity index (χ4n) is 3.58. The molecule has 152 valence electrons. The Balaban J connectivity index is 1.58. The minimum Gasteiger partial charge on any atom is -0.468 e. The number of hydrogen-bond donors (Lipinski definition) is 1. The first-order chi connectivity index (χ1) is 13.1. The average Bonchev–Trinajstić information content (AvgIpc) is 3.32. The summed E-state index contributed by atoms with van der Waals surface area (Å²) >= 11 is 0. The standard InChI is InChI=1S/C21H28N2O5/c1-20(2,3)28-19(26)22-16-9-12-23(13-16)17(24)14-5-7-15(8-6-14)21(10-11-21)18(25)27-4/h5-8,16H,9-13H2,1-4H3,(H,22,26). The van der Waals surface area contributed by atoms with Gasteiger partial charge in [-0.2, -0.15) is 0 Å². The van der Waals surface area contributed by atoms with Gasteiger partial charge in [-0.1, -0.05) is 12.1 Å². The number of nitrogens with one attached hydrogen (secondary N) is 1. The predicted molar refractivity (Wildman–Crippen MR) is 103 cm³/mol. The van der Waals surface area contributed by atoms with Gasteiger partial charge in [-0.3, -0.25) is 9.59 Å². The molecular weight excluding hydrogens is 360 g/mol. The monoisotopic (exact) mass is 388 g/mol. The molecule has 1 saturated carbocycles. The van der Waals surface area contributed by atoms with Gasteiger partial charge in [0.1, 0.15) is 5.60 Å². The van der Waals surface area contributed by atoms with Crippen LogP contribution in [-0.2, 0) is 19.7 Å². The molecule has 1 unspecified atom stereocenters. The van der Waals surface area contributed by atoms with Crippen molar-refractivity contribution in [2.75, 3.05) is 20.2 Å². The number of ether oxygens (including phenoxy) is 2. The molecule has 28 heavy (non-hydrogen) atoms. The minimum absolute atomic E-state index is 0.0806. The van der Waals surface area contributed by atoms with Crippen LogP contribution in [0, 0.1) is 0 Å². The number of carbonyl (C=O) groups excluding carboxylic acids is 3. The van der Waals surface area contributed by atoms with Gasteiger partial charge in [0.05, 0.1) is 18.6 Å². The summed E-state index contributed by atoms with van der Waals surface area (Å²) in [5.41, 5.74) is 0.374. The third-order valence-corrected chi connectivity index (χ3v) is 5.21. The van der Waals surface area contributed by atoms with E-state index in [4.69, 9.17) is 9.47 Å². The van der Waals surface area contributed by atoms with Gasteiger partial charge in [0.25, 0.3) is 5.91 Å². The molecule has 2 amide bonds. The molecule has 0 aromatic heterocycles. The molecule has 2 aliphatic rings. The number of nitrogens with zero attached hydrogens (tertiary/aromatic N) is 1. The second kappa shape index (κ2) is 7.45. The largest absolute Gasteiger partial charge is 0.468 e. The number of carbonyl (C=O) groups is 3. The predicted octanol–water partition coefficient (Wildman–Crippen LogP) is 2.63. The molecule has 1 aliphatic heterocycles. The molecule has 1 atom stereocenters. The Bertz CT molecular complexity index is 762. The summed E-state index contributed by atoms with van der Waals surface area (Å²) in [6.07, 6.45) is 1.77. The number of amides is 2. The second-order valence-corrected chi connectivity index (χ2v) is 8.53. The van der Waals surface area contributed by atoms with E-state index in [9.17, 15) is 14.4 Å². The van der Waals surface area contributed by atoms with Crippen LogP contribution in [-0.4, -0.2) is 54.7 Å². The summed E-state index contributed by atoms with van der Waals surface area (Å²) < 4.78 is 10.2. The van der Waals surface area contributed by atoms with Crippen LogP contribution < -0.4 is 5.32 Å². The third-order valence-electron chi connectivity index (χ3n) is 5.21. The summed E-state index contributed by atoms with van der Waals surface area (Å²) in [4.78, 5) is 38.4. The van der Waals surface area contributed by atoms with Crippen molar-refractivity contribution in [3.05, 3.63) is 35.4 Å². The molecule has 0 radical (unpaired) electrons. The highest BCUT2D eigenvalue weighted by Gasteiger charge is 2.52. The number of rotatable bonds is 4. The van der Waals surface area contributed by atoms with Gasteiger partial charge < -0.3 is 19.7 Å². The molecule has 1 aromatic rings. The highest BCUT2D eigenvalue weighted by Crippen LogP contribution is 2.49. The number of alkyl carbamates (subject to hydrolysis) is 1. The maximum absolute atomic E-state index is 12.8. The van der Waals surface area contributed by atoms with E-state index < -0.39 is 17.1 Å². The lowest BCUT2D eigenvalue weighted by molar-refractivity contribution is -0.143. The van der Waals surface area contributed by atoms with E-state index in [2.05, 4.69) is 5.32 Å². The lowest BCUT2D eigenvalue weighted by Gasteiger charge is -2.22. The Hall–Kier alpha value is -2.57. The van der Waals surface area contributed by atoms with E-state index in [1.807, 2.05) is 32.9 Å². The second-order valence-electron chi connectivity index (χ2n) is 8.53. The van der Waals surface area contributed by atoms with Gasteiger partial charge >= 0.3 is 12.1 Å². The van der Waals surface area contributed by atoms with Crippen molar-refractivity contribution in [3.63, 3.8) is 0 Å². The lowest BCUT2D eigenvalue weighted by atomic mass is 9.95. The fraction of sp³-hybridized carbons (Fsp3) is 0.571. The summed E-state index contributed by atoms with van der Waals surface area (Å²) in [6, 6.07) is 7.07. The molecule has 7 nitrogen and oxygen atoms in total. The van der Waals surface area contributed by atoms with Crippen molar-refractivity contribution < 1.29 is 23.9 Å². The summed E-state index contributed by atoms with van der Waals surface area (Å²) in [5.74, 6) is -0.301. The number of hydrogen-bond acceptors (Lipinski definition) is 5. The zero-order chi connectivity index (χ0) is 20.5. The van der Waals surface area contributed by atoms with Crippen LogP contribution in [0.4, 0.5) is 4.79 Å². The van der Waals surface area contributed by atoms with Crippen LogP contribution in [0.25, 0.3) is 0 Å². The average molecular weight is 388 g/mol. The van der Waals surface area contributed by atoms with Gasteiger partial charge in [-0.15, -0.1) is 0 Å². The van der Waals surface area contributed by atoms with Crippen LogP contribution in [0.15, 0.2) is 24.3 Å². The van der Waals surface area contributed by atoms with Gasteiger partial charge in [0, 0.05) is 18.7 Å². The first-order valence-corrected chi connectivity index (χ1v) is 9.62. The van der Waals surface area contributed by atoms with Crippen molar-refractivity contribution in [3.8, 4) is 0 Å². The van der Waals surface area contributed by atoms with Crippen molar-refractivity contribution in [2.45, 2.75) is 57.1 Å². The lowest BCUT2D eigenvalue weighted by Crippen LogP contribution is -2.41. The molecule has 1 heterocycles. The number of methoxy groups -OCH3 is 1. The zero-order valence-corrected chi connectivity index (χ0v) is 16.9. The summed E-state index contributed by atoms with van der Waals surface area (Å²) in [6.45, 7) is 6.46. The molecule has 7 heteroatoms. The normalized spacial score (nSPS) is 20.4. The van der Waals surface area contributed by atoms with Crippen molar-refractivity contribution in [1.29, 1.82) is 0 Å². The first kappa shape index (κ1) is 20.2. The zero-order valence-electron chi connectivity index (χ0n) is 16.9. The Kier molecular flexibility index (Phi) is 5.37. The molecular formula is C21H28N2O5. The Morgan fingerprint density at radius 2 is 1.79 bits per heavy atom. The third kappa shape index (κ3) is 4.29. The van der Waals surface area contributed by atoms with Gasteiger partial charge in [0.15, 0.2) is 0 Å². The van der Waals surface area contributed by atoms with Crippen molar-refractivity contribution in [1.82, 2.24) is 10.2 Å². The van der Waals surface area contributed by atoms with E-state index in [-0.39, 0.29) is 17.9 Å². The summed E-state index contributed by atoms with van der Waals surface area (Å²) in [5, 5.41) is 2.82. The molecule has 1 aliphatic carbocycles. The summed E-state index contributed by atoms with van der Waals surface area (Å²) in [7, 11) is 1.40. The van der Waals surface area contributed by atoms with E-state index in [1.165, 1.54) is 7.11 Å². The van der Waals surface area contributed by atoms with Crippen LogP contribution in [0.1, 0.15) is 56.0 Å². The highest BCUT2D eigenvalue weighted by atomic mass is 16.6. The quantitative estimate of drug-likeness (QED) is 0.802. The van der Waals surface area contributed by atoms with Gasteiger partial charge in [-0.05, 0) is 57.7 Å². The van der Waals surface area contributed by atoms with Crippen LogP contribution in [0.5, 0.6) is 0 Å². The smallest absolute Gasteiger partial charge is 0.407 e. The Labute approximate surface area is 165 Å². The molecule has 3 rings (SSSR count). The van der Waals surface area contributed by atoms with E-state index in [0.29, 0.717) is 25.1 Å². The SMILES string of the molecule is COC(=O)C1(c2ccc(C(=O)N3CCC(NC(=O)OC(C)(C)C)C3)cc2)CC1. The van der Waals surface area contributed by atoms with E-state index in [1.54, 1.807) is 17.0 Å². The molecule has 1 saturated heterocycles. The maximum Gasteiger partial charge on any atom is 0.407 e. The molecule has 2 fully saturated rings. The number of benzene rings is 1. The first-order valence-electron chi connectivity index (χ1n) is 9.62. The van der Waals surface area contributed by atoms with Crippen LogP contribution in [0.2, 0.25) is 0 Å². The van der Waals surface area contributed by atoms with Crippen molar-refractivity contribution >= 4 is 18.0 Å². The number of likely N-dealkylation sites (tertiary alicyclic amines) is 1. The molecule has 1 N–H and O–H groups in total. The fourth-order valence-corrected chi connectivity index (χ4v) is 3.58. The van der Waals surface area contributed by atoms with Crippen LogP contribution in [0.3, 0.4) is 0 Å². The van der Waals surface area contributed by atoms with E-state index in [0.717, 1.165) is 18.4 Å².